The van der Waals surface area contributed by atoms with Crippen molar-refractivity contribution in [1.29, 1.82) is 5.26 Å². The molecule has 0 heterocycles. The summed E-state index contributed by atoms with van der Waals surface area (Å²) in [5.74, 6) is 0.298. The van der Waals surface area contributed by atoms with Crippen molar-refractivity contribution < 1.29 is 14.4 Å². The average Bonchev–Trinajstić information content (AvgIpc) is 2.86. The number of allylic oxidation sites excluding steroid dienone is 4. The number of nitriles is 1. The van der Waals surface area contributed by atoms with Crippen LogP contribution >= 0.6 is 0 Å². The van der Waals surface area contributed by atoms with E-state index in [2.05, 4.69) is 46.0 Å². The number of carbonyl (C=O) groups excluding carboxylic acids is 3. The SMILES string of the molecule is CCCCNC(=O)C12CCC(C)(C)CC1C1C(=O)C=C3C(CCC4C(C)C(=O)C(C#N)=CC34C)C1(C)CC2. The molecular formula is C33H46N2O3. The Kier molecular flexibility index (Phi) is 6.60. The highest BCUT2D eigenvalue weighted by Crippen LogP contribution is 2.69. The molecule has 0 aromatic rings. The monoisotopic (exact) mass is 518 g/mol. The number of amides is 1. The van der Waals surface area contributed by atoms with Crippen molar-refractivity contribution in [3.63, 3.8) is 0 Å². The summed E-state index contributed by atoms with van der Waals surface area (Å²) in [6.45, 7) is 13.9. The van der Waals surface area contributed by atoms with Crippen LogP contribution in [0.1, 0.15) is 99.3 Å². The average molecular weight is 519 g/mol. The summed E-state index contributed by atoms with van der Waals surface area (Å²) >= 11 is 0. The number of hydrogen-bond donors (Lipinski definition) is 1. The zero-order valence-electron chi connectivity index (χ0n) is 24.3. The van der Waals surface area contributed by atoms with Gasteiger partial charge in [-0.05, 0) is 86.0 Å². The first-order chi connectivity index (χ1) is 17.8. The van der Waals surface area contributed by atoms with Crippen LogP contribution in [0.2, 0.25) is 0 Å². The van der Waals surface area contributed by atoms with Gasteiger partial charge in [-0.2, -0.15) is 5.26 Å². The number of nitrogens with zero attached hydrogens (tertiary/aromatic N) is 1. The number of hydrogen-bond acceptors (Lipinski definition) is 4. The van der Waals surface area contributed by atoms with Crippen LogP contribution in [0.15, 0.2) is 23.3 Å². The third-order valence-electron chi connectivity index (χ3n) is 12.0. The summed E-state index contributed by atoms with van der Waals surface area (Å²) in [6, 6.07) is 2.15. The smallest absolute Gasteiger partial charge is 0.226 e. The van der Waals surface area contributed by atoms with Crippen LogP contribution in [0.5, 0.6) is 0 Å². The molecule has 5 nitrogen and oxygen atoms in total. The topological polar surface area (TPSA) is 87.0 Å². The van der Waals surface area contributed by atoms with E-state index in [1.807, 2.05) is 19.1 Å². The van der Waals surface area contributed by atoms with Crippen LogP contribution in [0.25, 0.3) is 0 Å². The third-order valence-corrected chi connectivity index (χ3v) is 12.0. The molecule has 0 radical (unpaired) electrons. The molecule has 206 valence electrons. The van der Waals surface area contributed by atoms with Crippen LogP contribution in [0, 0.1) is 62.6 Å². The molecular weight excluding hydrogens is 472 g/mol. The molecule has 1 amide bonds. The van der Waals surface area contributed by atoms with Gasteiger partial charge in [-0.1, -0.05) is 59.6 Å². The zero-order valence-corrected chi connectivity index (χ0v) is 24.3. The van der Waals surface area contributed by atoms with Crippen molar-refractivity contribution in [1.82, 2.24) is 5.32 Å². The van der Waals surface area contributed by atoms with Gasteiger partial charge in [0.1, 0.15) is 6.07 Å². The predicted octanol–water partition coefficient (Wildman–Crippen LogP) is 6.34. The lowest BCUT2D eigenvalue weighted by atomic mass is 9.38. The van der Waals surface area contributed by atoms with Crippen LogP contribution in [0.3, 0.4) is 0 Å². The third kappa shape index (κ3) is 3.80. The number of fused-ring (bicyclic) bond motifs is 7. The van der Waals surface area contributed by atoms with Crippen molar-refractivity contribution in [2.24, 2.45) is 51.2 Å². The predicted molar refractivity (Wildman–Crippen MR) is 148 cm³/mol. The standard InChI is InChI=1S/C33H46N2O3/c1-7-8-15-35-29(38)33-13-11-30(3,4)18-25(33)27-26(36)16-24-23(31(27,5)12-14-33)10-9-22-20(2)28(37)21(19-34)17-32(22,24)6/h16-17,20,22-23,25,27H,7-15,18H2,1-6H3,(H,35,38). The van der Waals surface area contributed by atoms with Crippen molar-refractivity contribution in [3.8, 4) is 6.07 Å². The van der Waals surface area contributed by atoms with Crippen LogP contribution < -0.4 is 5.32 Å². The van der Waals surface area contributed by atoms with Crippen molar-refractivity contribution >= 4 is 17.5 Å². The molecule has 8 unspecified atom stereocenters. The maximum absolute atomic E-state index is 14.3. The molecule has 0 bridgehead atoms. The van der Waals surface area contributed by atoms with E-state index in [4.69, 9.17) is 0 Å². The Labute approximate surface area is 228 Å². The fraction of sp³-hybridized carbons (Fsp3) is 0.758. The van der Waals surface area contributed by atoms with Gasteiger partial charge in [0.2, 0.25) is 5.91 Å². The van der Waals surface area contributed by atoms with E-state index >= 15 is 0 Å². The molecule has 3 fully saturated rings. The lowest BCUT2D eigenvalue weighted by molar-refractivity contribution is -0.167. The van der Waals surface area contributed by atoms with E-state index in [0.29, 0.717) is 6.54 Å². The van der Waals surface area contributed by atoms with Crippen molar-refractivity contribution in [3.05, 3.63) is 23.3 Å². The maximum atomic E-state index is 14.3. The number of Topliss-reactive ketones (excluding diaryl/α,β-unsaturated/α-hetero) is 1. The van der Waals surface area contributed by atoms with Gasteiger partial charge in [-0.25, -0.2) is 0 Å². The van der Waals surface area contributed by atoms with Crippen molar-refractivity contribution in [2.75, 3.05) is 6.54 Å². The van der Waals surface area contributed by atoms with Crippen LogP contribution in [0.4, 0.5) is 0 Å². The Balaban J connectivity index is 1.59. The molecule has 0 aromatic carbocycles. The van der Waals surface area contributed by atoms with E-state index in [1.54, 1.807) is 0 Å². The molecule has 5 aliphatic carbocycles. The van der Waals surface area contributed by atoms with Gasteiger partial charge in [0.15, 0.2) is 11.6 Å². The van der Waals surface area contributed by atoms with Gasteiger partial charge in [0.25, 0.3) is 0 Å². The Morgan fingerprint density at radius 3 is 2.47 bits per heavy atom. The normalized spacial score (nSPS) is 43.3. The van der Waals surface area contributed by atoms with Gasteiger partial charge < -0.3 is 5.32 Å². The molecule has 38 heavy (non-hydrogen) atoms. The molecule has 3 saturated carbocycles. The molecule has 0 aliphatic heterocycles. The summed E-state index contributed by atoms with van der Waals surface area (Å²) in [5, 5.41) is 13.0. The number of ketones is 2. The van der Waals surface area contributed by atoms with Crippen molar-refractivity contribution in [2.45, 2.75) is 99.3 Å². The summed E-state index contributed by atoms with van der Waals surface area (Å²) < 4.78 is 0. The Morgan fingerprint density at radius 2 is 1.79 bits per heavy atom. The summed E-state index contributed by atoms with van der Waals surface area (Å²) in [7, 11) is 0. The molecule has 0 saturated heterocycles. The van der Waals surface area contributed by atoms with E-state index in [9.17, 15) is 19.6 Å². The largest absolute Gasteiger partial charge is 0.356 e. The van der Waals surface area contributed by atoms with E-state index in [0.717, 1.165) is 63.4 Å². The van der Waals surface area contributed by atoms with Gasteiger partial charge in [-0.3, -0.25) is 14.4 Å². The van der Waals surface area contributed by atoms with E-state index in [1.165, 1.54) is 0 Å². The highest BCUT2D eigenvalue weighted by molar-refractivity contribution is 6.02. The molecule has 8 atom stereocenters. The molecule has 5 heteroatoms. The molecule has 0 aromatic heterocycles. The van der Waals surface area contributed by atoms with Gasteiger partial charge in [0.05, 0.1) is 11.0 Å². The Morgan fingerprint density at radius 1 is 1.08 bits per heavy atom. The second-order valence-electron chi connectivity index (χ2n) is 14.6. The molecule has 1 N–H and O–H groups in total. The van der Waals surface area contributed by atoms with E-state index in [-0.39, 0.29) is 63.5 Å². The number of rotatable bonds is 4. The summed E-state index contributed by atoms with van der Waals surface area (Å²) in [5.41, 5.74) is 0.356. The fourth-order valence-corrected chi connectivity index (χ4v) is 9.78. The Bertz CT molecular complexity index is 1160. The van der Waals surface area contributed by atoms with E-state index < -0.39 is 10.8 Å². The minimum atomic E-state index is -0.463. The second kappa shape index (κ2) is 9.17. The second-order valence-corrected chi connectivity index (χ2v) is 14.6. The summed E-state index contributed by atoms with van der Waals surface area (Å²) in [6.07, 6.45) is 12.2. The number of nitrogens with one attached hydrogen (secondary N) is 1. The molecule has 5 rings (SSSR count). The molecule has 5 aliphatic rings. The molecule has 0 spiro atoms. The lowest BCUT2D eigenvalue weighted by Crippen LogP contribution is -2.63. The van der Waals surface area contributed by atoms with Gasteiger partial charge in [0, 0.05) is 23.8 Å². The quantitative estimate of drug-likeness (QED) is 0.440. The minimum absolute atomic E-state index is 0.0412. The lowest BCUT2D eigenvalue weighted by Gasteiger charge is -2.64. The van der Waals surface area contributed by atoms with Gasteiger partial charge in [-0.15, -0.1) is 0 Å². The van der Waals surface area contributed by atoms with Crippen LogP contribution in [-0.2, 0) is 14.4 Å². The fourth-order valence-electron chi connectivity index (χ4n) is 9.78. The maximum Gasteiger partial charge on any atom is 0.226 e. The highest BCUT2D eigenvalue weighted by Gasteiger charge is 2.66. The highest BCUT2D eigenvalue weighted by atomic mass is 16.2. The van der Waals surface area contributed by atoms with Crippen LogP contribution in [-0.4, -0.2) is 24.0 Å². The minimum Gasteiger partial charge on any atom is -0.356 e. The summed E-state index contributed by atoms with van der Waals surface area (Å²) in [4.78, 5) is 41.1. The Hall–Kier alpha value is -2.22. The first-order valence-electron chi connectivity index (χ1n) is 15.1. The number of carbonyl (C=O) groups is 3. The van der Waals surface area contributed by atoms with Gasteiger partial charge >= 0.3 is 0 Å². The zero-order chi connectivity index (χ0) is 27.7. The first kappa shape index (κ1) is 27.4. The first-order valence-corrected chi connectivity index (χ1v) is 15.1. The number of unbranched alkanes of at least 4 members (excludes halogenated alkanes) is 1.